The van der Waals surface area contributed by atoms with Crippen molar-refractivity contribution in [2.24, 2.45) is 11.8 Å². The van der Waals surface area contributed by atoms with Gasteiger partial charge >= 0.3 is 5.97 Å². The number of carbonyl (C=O) groups excluding carboxylic acids is 2. The van der Waals surface area contributed by atoms with Crippen LogP contribution in [0, 0.1) is 11.8 Å². The molecule has 1 saturated carbocycles. The lowest BCUT2D eigenvalue weighted by molar-refractivity contribution is -0.137. The summed E-state index contributed by atoms with van der Waals surface area (Å²) in [6.45, 7) is 0. The van der Waals surface area contributed by atoms with Crippen LogP contribution < -0.4 is 4.90 Å². The highest BCUT2D eigenvalue weighted by atomic mass is 16.4. The predicted molar refractivity (Wildman–Crippen MR) is 75.7 cm³/mol. The highest BCUT2D eigenvalue weighted by molar-refractivity contribution is 6.22. The number of nitrogens with zero attached hydrogens (tertiary/aromatic N) is 1. The van der Waals surface area contributed by atoms with Crippen LogP contribution in [0.2, 0.25) is 0 Å². The van der Waals surface area contributed by atoms with E-state index >= 15 is 0 Å². The van der Waals surface area contributed by atoms with E-state index in [1.807, 2.05) is 0 Å². The normalized spacial score (nSPS) is 24.5. The topological polar surface area (TPSA) is 74.7 Å². The van der Waals surface area contributed by atoms with E-state index in [0.29, 0.717) is 12.1 Å². The van der Waals surface area contributed by atoms with E-state index in [0.717, 1.165) is 24.8 Å². The fourth-order valence-electron chi connectivity index (χ4n) is 3.41. The number of carbonyl (C=O) groups is 3. The van der Waals surface area contributed by atoms with E-state index in [2.05, 4.69) is 0 Å². The molecule has 1 aliphatic heterocycles. The Morgan fingerprint density at radius 3 is 2.38 bits per heavy atom. The molecule has 1 saturated heterocycles. The van der Waals surface area contributed by atoms with E-state index in [4.69, 9.17) is 5.11 Å². The molecule has 3 rings (SSSR count). The third-order valence-corrected chi connectivity index (χ3v) is 4.43. The molecule has 0 aromatic heterocycles. The Labute approximate surface area is 122 Å². The van der Waals surface area contributed by atoms with E-state index in [1.54, 1.807) is 24.3 Å². The second kappa shape index (κ2) is 5.31. The molecule has 1 N–H and O–H groups in total. The van der Waals surface area contributed by atoms with Gasteiger partial charge in [0.15, 0.2) is 0 Å². The van der Waals surface area contributed by atoms with Gasteiger partial charge in [0.2, 0.25) is 11.8 Å². The SMILES string of the molecule is O=C(O)CCc1ccccc1N1C(=O)C2CCCC2C1=O. The first-order chi connectivity index (χ1) is 10.1. The van der Waals surface area contributed by atoms with Gasteiger partial charge in [0.05, 0.1) is 17.5 Å². The maximum absolute atomic E-state index is 12.5. The largest absolute Gasteiger partial charge is 0.481 e. The van der Waals surface area contributed by atoms with Gasteiger partial charge in [0.25, 0.3) is 0 Å². The van der Waals surface area contributed by atoms with Gasteiger partial charge < -0.3 is 5.11 Å². The van der Waals surface area contributed by atoms with Crippen molar-refractivity contribution in [2.75, 3.05) is 4.90 Å². The molecule has 110 valence electrons. The number of para-hydroxylation sites is 1. The van der Waals surface area contributed by atoms with Gasteiger partial charge in [-0.15, -0.1) is 0 Å². The Bertz CT molecular complexity index is 588. The predicted octanol–water partition coefficient (Wildman–Crippen LogP) is 1.99. The first-order valence-electron chi connectivity index (χ1n) is 7.27. The van der Waals surface area contributed by atoms with Crippen molar-refractivity contribution < 1.29 is 19.5 Å². The summed E-state index contributed by atoms with van der Waals surface area (Å²) in [5, 5.41) is 8.82. The van der Waals surface area contributed by atoms with Crippen LogP contribution in [0.4, 0.5) is 5.69 Å². The first-order valence-corrected chi connectivity index (χ1v) is 7.27. The molecule has 0 bridgehead atoms. The second-order valence-electron chi connectivity index (χ2n) is 5.68. The van der Waals surface area contributed by atoms with E-state index < -0.39 is 5.97 Å². The van der Waals surface area contributed by atoms with Gasteiger partial charge in [-0.05, 0) is 30.9 Å². The zero-order chi connectivity index (χ0) is 15.0. The molecule has 2 unspecified atom stereocenters. The summed E-state index contributed by atoms with van der Waals surface area (Å²) in [4.78, 5) is 37.0. The summed E-state index contributed by atoms with van der Waals surface area (Å²) in [6, 6.07) is 7.09. The zero-order valence-electron chi connectivity index (χ0n) is 11.6. The highest BCUT2D eigenvalue weighted by Crippen LogP contribution is 2.42. The quantitative estimate of drug-likeness (QED) is 0.859. The molecule has 1 heterocycles. The Hall–Kier alpha value is -2.17. The number of hydrogen-bond donors (Lipinski definition) is 1. The lowest BCUT2D eigenvalue weighted by Crippen LogP contribution is -2.32. The molecule has 1 aromatic carbocycles. The number of anilines is 1. The van der Waals surface area contributed by atoms with Crippen LogP contribution in [0.25, 0.3) is 0 Å². The lowest BCUT2D eigenvalue weighted by atomic mass is 10.00. The molecule has 2 fully saturated rings. The molecule has 1 aliphatic carbocycles. The summed E-state index contributed by atoms with van der Waals surface area (Å²) >= 11 is 0. The number of aliphatic carboxylic acids is 1. The molecule has 0 spiro atoms. The van der Waals surface area contributed by atoms with E-state index in [1.165, 1.54) is 4.90 Å². The zero-order valence-corrected chi connectivity index (χ0v) is 11.6. The minimum atomic E-state index is -0.888. The number of hydrogen-bond acceptors (Lipinski definition) is 3. The second-order valence-corrected chi connectivity index (χ2v) is 5.68. The number of benzene rings is 1. The number of rotatable bonds is 4. The standard InChI is InChI=1S/C16H17NO4/c18-14(19)9-8-10-4-1-2-7-13(10)17-15(20)11-5-3-6-12(11)16(17)21/h1-2,4,7,11-12H,3,5-6,8-9H2,(H,18,19). The van der Waals surface area contributed by atoms with Gasteiger partial charge in [0, 0.05) is 6.42 Å². The number of carboxylic acids is 1. The Balaban J connectivity index is 1.92. The van der Waals surface area contributed by atoms with Crippen LogP contribution in [-0.2, 0) is 20.8 Å². The third kappa shape index (κ3) is 2.33. The summed E-state index contributed by atoms with van der Waals surface area (Å²) in [7, 11) is 0. The van der Waals surface area contributed by atoms with Crippen LogP contribution in [-0.4, -0.2) is 22.9 Å². The van der Waals surface area contributed by atoms with E-state index in [9.17, 15) is 14.4 Å². The number of carboxylic acid groups (broad SMARTS) is 1. The van der Waals surface area contributed by atoms with Crippen LogP contribution in [0.5, 0.6) is 0 Å². The molecule has 2 atom stereocenters. The number of imide groups is 1. The van der Waals surface area contributed by atoms with Crippen molar-refractivity contribution in [3.05, 3.63) is 29.8 Å². The average molecular weight is 287 g/mol. The van der Waals surface area contributed by atoms with Crippen LogP contribution in [0.15, 0.2) is 24.3 Å². The van der Waals surface area contributed by atoms with Gasteiger partial charge in [-0.25, -0.2) is 4.90 Å². The van der Waals surface area contributed by atoms with Crippen LogP contribution in [0.3, 0.4) is 0 Å². The molecule has 5 heteroatoms. The third-order valence-electron chi connectivity index (χ3n) is 4.43. The number of amides is 2. The Morgan fingerprint density at radius 2 is 1.76 bits per heavy atom. The maximum Gasteiger partial charge on any atom is 0.303 e. The van der Waals surface area contributed by atoms with Gasteiger partial charge in [-0.1, -0.05) is 24.6 Å². The summed E-state index contributed by atoms with van der Waals surface area (Å²) in [6.07, 6.45) is 2.80. The average Bonchev–Trinajstić information content (AvgIpc) is 3.02. The van der Waals surface area contributed by atoms with E-state index in [-0.39, 0.29) is 30.1 Å². The molecular formula is C16H17NO4. The van der Waals surface area contributed by atoms with Crippen molar-refractivity contribution in [2.45, 2.75) is 32.1 Å². The fourth-order valence-corrected chi connectivity index (χ4v) is 3.41. The molecule has 2 aliphatic rings. The summed E-state index contributed by atoms with van der Waals surface area (Å²) in [5.41, 5.74) is 1.30. The fraction of sp³-hybridized carbons (Fsp3) is 0.438. The molecule has 1 aromatic rings. The van der Waals surface area contributed by atoms with Crippen LogP contribution >= 0.6 is 0 Å². The van der Waals surface area contributed by atoms with Crippen molar-refractivity contribution in [3.63, 3.8) is 0 Å². The first kappa shape index (κ1) is 13.8. The summed E-state index contributed by atoms with van der Waals surface area (Å²) < 4.78 is 0. The van der Waals surface area contributed by atoms with Gasteiger partial charge in [-0.2, -0.15) is 0 Å². The molecular weight excluding hydrogens is 270 g/mol. The minimum Gasteiger partial charge on any atom is -0.481 e. The van der Waals surface area contributed by atoms with Crippen LogP contribution in [0.1, 0.15) is 31.2 Å². The maximum atomic E-state index is 12.5. The Kier molecular flexibility index (Phi) is 3.49. The van der Waals surface area contributed by atoms with Gasteiger partial charge in [0.1, 0.15) is 0 Å². The lowest BCUT2D eigenvalue weighted by Gasteiger charge is -2.19. The highest BCUT2D eigenvalue weighted by Gasteiger charge is 2.50. The Morgan fingerprint density at radius 1 is 1.14 bits per heavy atom. The molecule has 2 amide bonds. The van der Waals surface area contributed by atoms with Crippen molar-refractivity contribution >= 4 is 23.5 Å². The monoisotopic (exact) mass is 287 g/mol. The van der Waals surface area contributed by atoms with Gasteiger partial charge in [-0.3, -0.25) is 14.4 Å². The minimum absolute atomic E-state index is 0.0138. The van der Waals surface area contributed by atoms with Crippen molar-refractivity contribution in [1.29, 1.82) is 0 Å². The van der Waals surface area contributed by atoms with Crippen molar-refractivity contribution in [1.82, 2.24) is 0 Å². The smallest absolute Gasteiger partial charge is 0.303 e. The molecule has 21 heavy (non-hydrogen) atoms. The summed E-state index contributed by atoms with van der Waals surface area (Å²) in [5.74, 6) is -1.48. The number of aryl methyl sites for hydroxylation is 1. The van der Waals surface area contributed by atoms with Crippen molar-refractivity contribution in [3.8, 4) is 0 Å². The molecule has 5 nitrogen and oxygen atoms in total. The number of fused-ring (bicyclic) bond motifs is 1. The molecule has 0 radical (unpaired) electrons.